The van der Waals surface area contributed by atoms with Crippen molar-refractivity contribution in [1.29, 1.82) is 0 Å². The topological polar surface area (TPSA) is 46.6 Å². The number of carbonyl (C=O) groups excluding carboxylic acids is 2. The Bertz CT molecular complexity index is 1340. The first kappa shape index (κ1) is 24.0. The number of nitrogens with zero attached hydrogens (tertiary/aromatic N) is 1. The van der Waals surface area contributed by atoms with Crippen LogP contribution in [0.4, 0.5) is 5.69 Å². The van der Waals surface area contributed by atoms with Gasteiger partial charge in [0.2, 0.25) is 11.8 Å². The largest absolute Gasteiger partial charge is 0.494 e. The molecule has 2 amide bonds. The summed E-state index contributed by atoms with van der Waals surface area (Å²) in [5.74, 6) is 0.174. The molecule has 3 aromatic carbocycles. The molecule has 0 saturated carbocycles. The number of amides is 2. The lowest BCUT2D eigenvalue weighted by Gasteiger charge is -2.46. The standard InChI is InChI=1S/C33H35NO3/c1-4-6-9-18-37-23-15-13-22(14-16-23)34-32(35)30-28-24-10-7-8-11-25(24)29(31(30)33(34)36)27-19-21(20(3)5-2)12-17-26(27)28/h7-8,10-17,19-20,28-31H,4-6,9,18H2,1-3H3. The molecule has 0 spiro atoms. The van der Waals surface area contributed by atoms with Gasteiger partial charge in [0.15, 0.2) is 0 Å². The van der Waals surface area contributed by atoms with Crippen molar-refractivity contribution in [1.82, 2.24) is 0 Å². The first-order valence-electron chi connectivity index (χ1n) is 13.9. The zero-order valence-corrected chi connectivity index (χ0v) is 21.9. The van der Waals surface area contributed by atoms with Crippen LogP contribution in [0.25, 0.3) is 0 Å². The second-order valence-electron chi connectivity index (χ2n) is 10.9. The summed E-state index contributed by atoms with van der Waals surface area (Å²) >= 11 is 0. The Labute approximate surface area is 219 Å². The smallest absolute Gasteiger partial charge is 0.238 e. The van der Waals surface area contributed by atoms with Crippen LogP contribution in [-0.2, 0) is 9.59 Å². The second kappa shape index (κ2) is 9.48. The van der Waals surface area contributed by atoms with E-state index < -0.39 is 0 Å². The number of hydrogen-bond donors (Lipinski definition) is 0. The summed E-state index contributed by atoms with van der Waals surface area (Å²) in [5, 5.41) is 0. The lowest BCUT2D eigenvalue weighted by molar-refractivity contribution is -0.122. The maximum atomic E-state index is 14.0. The van der Waals surface area contributed by atoms with E-state index in [-0.39, 0.29) is 35.5 Å². The van der Waals surface area contributed by atoms with Gasteiger partial charge in [0.05, 0.1) is 24.1 Å². The molecule has 37 heavy (non-hydrogen) atoms. The molecular formula is C33H35NO3. The molecule has 1 fully saturated rings. The number of anilines is 1. The molecule has 5 unspecified atom stereocenters. The third kappa shape index (κ3) is 3.72. The van der Waals surface area contributed by atoms with E-state index in [4.69, 9.17) is 4.74 Å². The first-order chi connectivity index (χ1) is 18.0. The third-order valence-electron chi connectivity index (χ3n) is 8.86. The molecule has 4 heteroatoms. The molecule has 3 aliphatic carbocycles. The molecule has 2 bridgehead atoms. The van der Waals surface area contributed by atoms with Gasteiger partial charge in [0.25, 0.3) is 0 Å². The summed E-state index contributed by atoms with van der Waals surface area (Å²) in [4.78, 5) is 29.5. The number of benzene rings is 3. The monoisotopic (exact) mass is 493 g/mol. The Hall–Kier alpha value is -3.40. The van der Waals surface area contributed by atoms with Gasteiger partial charge < -0.3 is 4.74 Å². The number of ether oxygens (including phenoxy) is 1. The number of carbonyl (C=O) groups is 2. The Balaban J connectivity index is 1.37. The second-order valence-corrected chi connectivity index (χ2v) is 10.9. The van der Waals surface area contributed by atoms with Crippen molar-refractivity contribution in [3.05, 3.63) is 94.5 Å². The summed E-state index contributed by atoms with van der Waals surface area (Å²) in [7, 11) is 0. The van der Waals surface area contributed by atoms with Crippen LogP contribution in [-0.4, -0.2) is 18.4 Å². The van der Waals surface area contributed by atoms with Crippen LogP contribution in [0.1, 0.15) is 92.0 Å². The number of imide groups is 1. The molecule has 7 rings (SSSR count). The Morgan fingerprint density at radius 2 is 1.41 bits per heavy atom. The van der Waals surface area contributed by atoms with Crippen molar-refractivity contribution in [3.8, 4) is 5.75 Å². The van der Waals surface area contributed by atoms with Gasteiger partial charge in [0.1, 0.15) is 5.75 Å². The molecule has 1 aliphatic heterocycles. The summed E-state index contributed by atoms with van der Waals surface area (Å²) in [6, 6.07) is 22.7. The van der Waals surface area contributed by atoms with Gasteiger partial charge in [-0.25, -0.2) is 4.90 Å². The van der Waals surface area contributed by atoms with Crippen LogP contribution in [0.3, 0.4) is 0 Å². The molecular weight excluding hydrogens is 458 g/mol. The highest BCUT2D eigenvalue weighted by Gasteiger charge is 2.61. The van der Waals surface area contributed by atoms with E-state index in [1.807, 2.05) is 24.3 Å². The molecule has 5 atom stereocenters. The van der Waals surface area contributed by atoms with E-state index in [0.717, 1.165) is 31.4 Å². The summed E-state index contributed by atoms with van der Waals surface area (Å²) < 4.78 is 5.85. The lowest BCUT2D eigenvalue weighted by atomic mass is 9.54. The van der Waals surface area contributed by atoms with Crippen molar-refractivity contribution in [2.24, 2.45) is 11.8 Å². The van der Waals surface area contributed by atoms with Gasteiger partial charge in [0, 0.05) is 11.8 Å². The lowest BCUT2D eigenvalue weighted by Crippen LogP contribution is -2.41. The molecule has 4 nitrogen and oxygen atoms in total. The van der Waals surface area contributed by atoms with Gasteiger partial charge in [-0.1, -0.05) is 76.1 Å². The Morgan fingerprint density at radius 1 is 0.784 bits per heavy atom. The zero-order chi connectivity index (χ0) is 25.7. The van der Waals surface area contributed by atoms with E-state index >= 15 is 0 Å². The molecule has 0 N–H and O–H groups in total. The fourth-order valence-corrected chi connectivity index (χ4v) is 6.78. The van der Waals surface area contributed by atoms with E-state index in [1.54, 1.807) is 0 Å². The SMILES string of the molecule is CCCCCOc1ccc(N2C(=O)C3C4c5ccccc5C(c5cc(C(C)CC)ccc54)C3C2=O)cc1. The van der Waals surface area contributed by atoms with Gasteiger partial charge in [-0.15, -0.1) is 0 Å². The summed E-state index contributed by atoms with van der Waals surface area (Å²) in [6.07, 6.45) is 4.38. The van der Waals surface area contributed by atoms with E-state index in [2.05, 4.69) is 63.2 Å². The molecule has 1 heterocycles. The summed E-state index contributed by atoms with van der Waals surface area (Å²) in [5.41, 5.74) is 6.82. The minimum Gasteiger partial charge on any atom is -0.494 e. The highest BCUT2D eigenvalue weighted by atomic mass is 16.5. The maximum Gasteiger partial charge on any atom is 0.238 e. The predicted molar refractivity (Wildman–Crippen MR) is 146 cm³/mol. The van der Waals surface area contributed by atoms with Crippen molar-refractivity contribution < 1.29 is 14.3 Å². The Kier molecular flexibility index (Phi) is 6.14. The highest BCUT2D eigenvalue weighted by Crippen LogP contribution is 2.61. The Morgan fingerprint density at radius 3 is 2.03 bits per heavy atom. The zero-order valence-electron chi connectivity index (χ0n) is 21.9. The van der Waals surface area contributed by atoms with Crippen molar-refractivity contribution in [2.45, 2.75) is 64.2 Å². The van der Waals surface area contributed by atoms with Crippen LogP contribution in [0, 0.1) is 11.8 Å². The molecule has 3 aromatic rings. The maximum absolute atomic E-state index is 14.0. The quantitative estimate of drug-likeness (QED) is 0.247. The molecule has 0 radical (unpaired) electrons. The van der Waals surface area contributed by atoms with Gasteiger partial charge in [-0.05, 0) is 70.8 Å². The highest BCUT2D eigenvalue weighted by molar-refractivity contribution is 6.23. The normalized spacial score (nSPS) is 24.0. The fraction of sp³-hybridized carbons (Fsp3) is 0.394. The minimum atomic E-state index is -0.364. The average molecular weight is 494 g/mol. The van der Waals surface area contributed by atoms with E-state index in [9.17, 15) is 9.59 Å². The van der Waals surface area contributed by atoms with Gasteiger partial charge in [-0.2, -0.15) is 0 Å². The van der Waals surface area contributed by atoms with Crippen LogP contribution >= 0.6 is 0 Å². The van der Waals surface area contributed by atoms with Crippen LogP contribution < -0.4 is 9.64 Å². The van der Waals surface area contributed by atoms with E-state index in [1.165, 1.54) is 32.7 Å². The average Bonchev–Trinajstić information content (AvgIpc) is 3.21. The van der Waals surface area contributed by atoms with Crippen LogP contribution in [0.5, 0.6) is 5.75 Å². The van der Waals surface area contributed by atoms with Gasteiger partial charge >= 0.3 is 0 Å². The number of hydrogen-bond acceptors (Lipinski definition) is 3. The molecule has 190 valence electrons. The number of rotatable bonds is 8. The van der Waals surface area contributed by atoms with Crippen LogP contribution in [0.15, 0.2) is 66.7 Å². The van der Waals surface area contributed by atoms with Crippen molar-refractivity contribution in [3.63, 3.8) is 0 Å². The van der Waals surface area contributed by atoms with Crippen molar-refractivity contribution in [2.75, 3.05) is 11.5 Å². The van der Waals surface area contributed by atoms with Crippen LogP contribution in [0.2, 0.25) is 0 Å². The number of unbranched alkanes of at least 4 members (excludes halogenated alkanes) is 2. The minimum absolute atomic E-state index is 0.0734. The summed E-state index contributed by atoms with van der Waals surface area (Å²) in [6.45, 7) is 7.31. The molecule has 0 aromatic heterocycles. The van der Waals surface area contributed by atoms with Gasteiger partial charge in [-0.3, -0.25) is 9.59 Å². The first-order valence-corrected chi connectivity index (χ1v) is 13.9. The molecule has 1 saturated heterocycles. The predicted octanol–water partition coefficient (Wildman–Crippen LogP) is 7.17. The van der Waals surface area contributed by atoms with E-state index in [0.29, 0.717) is 18.2 Å². The van der Waals surface area contributed by atoms with Crippen molar-refractivity contribution >= 4 is 17.5 Å². The third-order valence-corrected chi connectivity index (χ3v) is 8.86. The fourth-order valence-electron chi connectivity index (χ4n) is 6.78. The molecule has 4 aliphatic rings.